The van der Waals surface area contributed by atoms with E-state index in [1.54, 1.807) is 0 Å². The number of nitrogens with one attached hydrogen (secondary N) is 1. The summed E-state index contributed by atoms with van der Waals surface area (Å²) in [5.74, 6) is 0.986. The van der Waals surface area contributed by atoms with Gasteiger partial charge in [0.2, 0.25) is 0 Å². The molecule has 0 bridgehead atoms. The highest BCUT2D eigenvalue weighted by Crippen LogP contribution is 2.45. The van der Waals surface area contributed by atoms with Gasteiger partial charge in [-0.3, -0.25) is 0 Å². The minimum Gasteiger partial charge on any atom is -0.341 e. The zero-order valence-electron chi connectivity index (χ0n) is 10.4. The summed E-state index contributed by atoms with van der Waals surface area (Å²) in [4.78, 5) is 9.37. The molecule has 1 N–H and O–H groups in total. The van der Waals surface area contributed by atoms with Gasteiger partial charge in [-0.2, -0.15) is 0 Å². The maximum Gasteiger partial charge on any atom is 0.121 e. The Labute approximate surface area is 130 Å². The highest BCUT2D eigenvalue weighted by molar-refractivity contribution is 7.99. The molecule has 4 rings (SSSR count). The molecule has 2 aromatic carbocycles. The molecule has 2 heterocycles. The lowest BCUT2D eigenvalue weighted by Crippen LogP contribution is -1.94. The fourth-order valence-electron chi connectivity index (χ4n) is 2.51. The fourth-order valence-corrected chi connectivity index (χ4v) is 4.09. The number of halogens is 2. The van der Waals surface area contributed by atoms with Gasteiger partial charge in [-0.25, -0.2) is 4.98 Å². The van der Waals surface area contributed by atoms with Gasteiger partial charge in [-0.15, -0.1) is 11.8 Å². The van der Waals surface area contributed by atoms with Gasteiger partial charge >= 0.3 is 0 Å². The summed E-state index contributed by atoms with van der Waals surface area (Å²) in [5.41, 5.74) is 3.19. The van der Waals surface area contributed by atoms with Gasteiger partial charge in [0.15, 0.2) is 0 Å². The Hall–Kier alpha value is -1.16. The number of thioether (sulfide) groups is 1. The van der Waals surface area contributed by atoms with Crippen LogP contribution in [-0.4, -0.2) is 9.97 Å². The van der Waals surface area contributed by atoms with E-state index in [-0.39, 0.29) is 0 Å². The van der Waals surface area contributed by atoms with Crippen LogP contribution >= 0.6 is 35.0 Å². The van der Waals surface area contributed by atoms with E-state index in [4.69, 9.17) is 23.2 Å². The Bertz CT molecular complexity index is 749. The molecule has 0 amide bonds. The molecular formula is C15H10Cl2N2S. The number of H-pyrrole nitrogens is 1. The van der Waals surface area contributed by atoms with Gasteiger partial charge in [-0.05, 0) is 30.2 Å². The van der Waals surface area contributed by atoms with E-state index < -0.39 is 0 Å². The van der Waals surface area contributed by atoms with Crippen LogP contribution in [0.3, 0.4) is 0 Å². The monoisotopic (exact) mass is 320 g/mol. The summed E-state index contributed by atoms with van der Waals surface area (Å²) in [6, 6.07) is 12.1. The highest BCUT2D eigenvalue weighted by atomic mass is 35.5. The second-order valence-electron chi connectivity index (χ2n) is 4.82. The van der Waals surface area contributed by atoms with E-state index >= 15 is 0 Å². The van der Waals surface area contributed by atoms with Gasteiger partial charge in [-0.1, -0.05) is 41.4 Å². The number of aromatic amines is 1. The number of fused-ring (bicyclic) bond motifs is 2. The summed E-state index contributed by atoms with van der Waals surface area (Å²) in [6.07, 6.45) is 1.00. The third-order valence-corrected chi connectivity index (χ3v) is 5.54. The molecule has 5 heteroatoms. The van der Waals surface area contributed by atoms with Crippen molar-refractivity contribution in [2.24, 2.45) is 0 Å². The molecule has 100 valence electrons. The predicted octanol–water partition coefficient (Wildman–Crippen LogP) is 5.26. The fraction of sp³-hybridized carbons (Fsp3) is 0.133. The van der Waals surface area contributed by atoms with E-state index in [9.17, 15) is 0 Å². The second-order valence-corrected chi connectivity index (χ2v) is 6.88. The van der Waals surface area contributed by atoms with Gasteiger partial charge in [0.1, 0.15) is 5.82 Å². The van der Waals surface area contributed by atoms with Crippen molar-refractivity contribution in [1.29, 1.82) is 0 Å². The van der Waals surface area contributed by atoms with Crippen molar-refractivity contribution >= 4 is 46.0 Å². The van der Waals surface area contributed by atoms with Crippen molar-refractivity contribution in [3.63, 3.8) is 0 Å². The van der Waals surface area contributed by atoms with Crippen molar-refractivity contribution in [3.8, 4) is 0 Å². The molecular weight excluding hydrogens is 311 g/mol. The van der Waals surface area contributed by atoms with Crippen LogP contribution in [0.5, 0.6) is 0 Å². The minimum atomic E-state index is 0.331. The lowest BCUT2D eigenvalue weighted by atomic mass is 10.1. The number of hydrogen-bond acceptors (Lipinski definition) is 2. The first kappa shape index (κ1) is 12.6. The molecule has 1 aliphatic heterocycles. The van der Waals surface area contributed by atoms with Crippen LogP contribution in [0.4, 0.5) is 0 Å². The molecule has 1 atom stereocenters. The van der Waals surface area contributed by atoms with Gasteiger partial charge in [0.25, 0.3) is 0 Å². The topological polar surface area (TPSA) is 28.7 Å². The molecule has 0 saturated heterocycles. The Balaban J connectivity index is 1.74. The number of rotatable bonds is 1. The summed E-state index contributed by atoms with van der Waals surface area (Å²) >= 11 is 13.9. The van der Waals surface area contributed by atoms with Gasteiger partial charge < -0.3 is 4.98 Å². The lowest BCUT2D eigenvalue weighted by Gasteiger charge is -2.02. The third-order valence-electron chi connectivity index (χ3n) is 3.49. The number of benzene rings is 2. The Morgan fingerprint density at radius 1 is 1.15 bits per heavy atom. The van der Waals surface area contributed by atoms with Crippen LogP contribution < -0.4 is 0 Å². The van der Waals surface area contributed by atoms with E-state index in [0.717, 1.165) is 23.3 Å². The van der Waals surface area contributed by atoms with Crippen LogP contribution in [0.15, 0.2) is 41.3 Å². The van der Waals surface area contributed by atoms with Crippen LogP contribution in [0.1, 0.15) is 16.6 Å². The molecule has 0 fully saturated rings. The van der Waals surface area contributed by atoms with Crippen molar-refractivity contribution in [2.45, 2.75) is 16.6 Å². The Kier molecular flexibility index (Phi) is 2.95. The number of imidazole rings is 1. The van der Waals surface area contributed by atoms with E-state index in [1.165, 1.54) is 10.5 Å². The molecule has 0 spiro atoms. The van der Waals surface area contributed by atoms with Crippen LogP contribution in [0.25, 0.3) is 11.0 Å². The molecule has 0 radical (unpaired) electrons. The quantitative estimate of drug-likeness (QED) is 0.662. The zero-order chi connectivity index (χ0) is 13.7. The van der Waals surface area contributed by atoms with Crippen molar-refractivity contribution in [1.82, 2.24) is 9.97 Å². The standard InChI is InChI=1S/C15H10Cl2N2S/c16-9-6-11-12(7-10(9)17)19-15(18-11)14-5-8-3-1-2-4-13(8)20-14/h1-4,6-7,14H,5H2,(H,18,19). The van der Waals surface area contributed by atoms with Crippen molar-refractivity contribution in [3.05, 3.63) is 57.8 Å². The second kappa shape index (κ2) is 4.69. The summed E-state index contributed by atoms with van der Waals surface area (Å²) in [5, 5.41) is 1.42. The third kappa shape index (κ3) is 2.01. The smallest absolute Gasteiger partial charge is 0.121 e. The molecule has 20 heavy (non-hydrogen) atoms. The average Bonchev–Trinajstić information content (AvgIpc) is 3.02. The molecule has 3 aromatic rings. The highest BCUT2D eigenvalue weighted by Gasteiger charge is 2.25. The maximum absolute atomic E-state index is 6.04. The zero-order valence-corrected chi connectivity index (χ0v) is 12.7. The van der Waals surface area contributed by atoms with Gasteiger partial charge in [0, 0.05) is 4.90 Å². The molecule has 0 saturated carbocycles. The Morgan fingerprint density at radius 2 is 1.95 bits per heavy atom. The van der Waals surface area contributed by atoms with Gasteiger partial charge in [0.05, 0.1) is 26.3 Å². The van der Waals surface area contributed by atoms with Crippen molar-refractivity contribution in [2.75, 3.05) is 0 Å². The molecule has 0 aliphatic carbocycles. The van der Waals surface area contributed by atoms with Crippen molar-refractivity contribution < 1.29 is 0 Å². The first-order valence-electron chi connectivity index (χ1n) is 6.30. The first-order chi connectivity index (χ1) is 9.70. The normalized spacial score (nSPS) is 17.6. The van der Waals surface area contributed by atoms with E-state index in [1.807, 2.05) is 23.9 Å². The summed E-state index contributed by atoms with van der Waals surface area (Å²) < 4.78 is 0. The number of hydrogen-bond donors (Lipinski definition) is 1. The molecule has 1 aliphatic rings. The molecule has 2 nitrogen and oxygen atoms in total. The largest absolute Gasteiger partial charge is 0.341 e. The maximum atomic E-state index is 6.04. The number of aromatic nitrogens is 2. The predicted molar refractivity (Wildman–Crippen MR) is 84.9 cm³/mol. The SMILES string of the molecule is Clc1cc2nc(C3Cc4ccccc4S3)[nH]c2cc1Cl. The lowest BCUT2D eigenvalue weighted by molar-refractivity contribution is 0.881. The molecule has 1 aromatic heterocycles. The summed E-state index contributed by atoms with van der Waals surface area (Å²) in [6.45, 7) is 0. The van der Waals surface area contributed by atoms with E-state index in [2.05, 4.69) is 34.2 Å². The minimum absolute atomic E-state index is 0.331. The van der Waals surface area contributed by atoms with Crippen LogP contribution in [0, 0.1) is 0 Å². The van der Waals surface area contributed by atoms with Crippen LogP contribution in [0.2, 0.25) is 10.0 Å². The first-order valence-corrected chi connectivity index (χ1v) is 7.93. The number of nitrogens with zero attached hydrogens (tertiary/aromatic N) is 1. The van der Waals surface area contributed by atoms with Crippen LogP contribution in [-0.2, 0) is 6.42 Å². The summed E-state index contributed by atoms with van der Waals surface area (Å²) in [7, 11) is 0. The average molecular weight is 321 g/mol. The van der Waals surface area contributed by atoms with E-state index in [0.29, 0.717) is 15.3 Å². The Morgan fingerprint density at radius 3 is 2.80 bits per heavy atom. The molecule has 1 unspecified atom stereocenters.